The molecule has 2 amide bonds. The Morgan fingerprint density at radius 3 is 2.72 bits per heavy atom. The molecule has 1 atom stereocenters. The summed E-state index contributed by atoms with van der Waals surface area (Å²) in [6, 6.07) is 7.48. The summed E-state index contributed by atoms with van der Waals surface area (Å²) in [7, 11) is 1.49. The molecule has 1 unspecified atom stereocenters. The molecule has 3 rings (SSSR count). The number of aromatic carboxylic acids is 1. The van der Waals surface area contributed by atoms with Crippen molar-refractivity contribution in [3.63, 3.8) is 0 Å². The Balaban J connectivity index is 1.78. The van der Waals surface area contributed by atoms with Crippen LogP contribution in [0.25, 0.3) is 0 Å². The van der Waals surface area contributed by atoms with Crippen molar-refractivity contribution in [2.75, 3.05) is 18.5 Å². The number of carbonyl (C=O) groups excluding carboxylic acids is 2. The lowest BCUT2D eigenvalue weighted by Crippen LogP contribution is -2.42. The second-order valence-electron chi connectivity index (χ2n) is 5.67. The Hall–Kier alpha value is -2.80. The number of carbonyl (C=O) groups is 3. The number of halogens is 1. The van der Waals surface area contributed by atoms with Crippen LogP contribution in [0.1, 0.15) is 27.3 Å². The molecule has 1 aliphatic rings. The smallest absolute Gasteiger partial charge is 0.338 e. The quantitative estimate of drug-likeness (QED) is 0.902. The first-order valence-corrected chi connectivity index (χ1v) is 7.93. The van der Waals surface area contributed by atoms with Crippen molar-refractivity contribution < 1.29 is 23.9 Å². The van der Waals surface area contributed by atoms with E-state index < -0.39 is 17.9 Å². The lowest BCUT2D eigenvalue weighted by Gasteiger charge is -2.23. The Labute approximate surface area is 148 Å². The maximum Gasteiger partial charge on any atom is 0.338 e. The Kier molecular flexibility index (Phi) is 4.50. The van der Waals surface area contributed by atoms with Crippen LogP contribution >= 0.6 is 11.6 Å². The van der Waals surface area contributed by atoms with Crippen LogP contribution in [0.15, 0.2) is 41.0 Å². The molecule has 0 radical (unpaired) electrons. The molecule has 0 spiro atoms. The number of furan rings is 1. The molecule has 1 fully saturated rings. The van der Waals surface area contributed by atoms with Gasteiger partial charge in [0, 0.05) is 19.7 Å². The van der Waals surface area contributed by atoms with Crippen LogP contribution in [-0.2, 0) is 4.79 Å². The fourth-order valence-corrected chi connectivity index (χ4v) is 3.05. The van der Waals surface area contributed by atoms with Crippen molar-refractivity contribution in [2.24, 2.45) is 0 Å². The van der Waals surface area contributed by atoms with Gasteiger partial charge >= 0.3 is 5.97 Å². The van der Waals surface area contributed by atoms with E-state index in [9.17, 15) is 14.4 Å². The number of rotatable bonds is 4. The van der Waals surface area contributed by atoms with Gasteiger partial charge in [-0.1, -0.05) is 23.7 Å². The normalized spacial score (nSPS) is 17.0. The summed E-state index contributed by atoms with van der Waals surface area (Å²) in [5, 5.41) is 9.36. The Bertz CT molecular complexity index is 847. The first-order valence-electron chi connectivity index (χ1n) is 7.55. The minimum atomic E-state index is -1.19. The van der Waals surface area contributed by atoms with E-state index in [1.807, 2.05) is 0 Å². The van der Waals surface area contributed by atoms with Gasteiger partial charge in [0.1, 0.15) is 12.3 Å². The highest BCUT2D eigenvalue weighted by Crippen LogP contribution is 2.30. The predicted octanol–water partition coefficient (Wildman–Crippen LogP) is 2.51. The highest BCUT2D eigenvalue weighted by atomic mass is 35.5. The van der Waals surface area contributed by atoms with Crippen molar-refractivity contribution in [3.8, 4) is 0 Å². The summed E-state index contributed by atoms with van der Waals surface area (Å²) in [6.07, 6.45) is 1.44. The van der Waals surface area contributed by atoms with Gasteiger partial charge in [-0.25, -0.2) is 4.79 Å². The second kappa shape index (κ2) is 6.60. The van der Waals surface area contributed by atoms with Crippen LogP contribution in [0.5, 0.6) is 0 Å². The summed E-state index contributed by atoms with van der Waals surface area (Å²) in [5.74, 6) is -2.10. The Morgan fingerprint density at radius 1 is 1.36 bits per heavy atom. The van der Waals surface area contributed by atoms with Gasteiger partial charge in [-0.2, -0.15) is 0 Å². The average molecular weight is 363 g/mol. The van der Waals surface area contributed by atoms with E-state index in [0.29, 0.717) is 23.7 Å². The second-order valence-corrected chi connectivity index (χ2v) is 6.07. The van der Waals surface area contributed by atoms with E-state index in [1.165, 1.54) is 11.9 Å². The topological polar surface area (TPSA) is 91.1 Å². The van der Waals surface area contributed by atoms with Crippen LogP contribution in [0.3, 0.4) is 0 Å². The van der Waals surface area contributed by atoms with Crippen LogP contribution in [0, 0.1) is 0 Å². The largest absolute Gasteiger partial charge is 0.478 e. The first-order chi connectivity index (χ1) is 11.9. The number of para-hydroxylation sites is 1. The molecule has 1 aromatic heterocycles. The molecule has 8 heteroatoms. The number of carboxylic acids is 1. The van der Waals surface area contributed by atoms with Gasteiger partial charge in [0.25, 0.3) is 5.91 Å². The van der Waals surface area contributed by atoms with E-state index in [4.69, 9.17) is 21.1 Å². The lowest BCUT2D eigenvalue weighted by molar-refractivity contribution is -0.120. The fraction of sp³-hybridized carbons (Fsp3) is 0.235. The molecule has 2 heterocycles. The molecule has 130 valence electrons. The third-order valence-electron chi connectivity index (χ3n) is 4.17. The van der Waals surface area contributed by atoms with Crippen molar-refractivity contribution in [2.45, 2.75) is 12.5 Å². The number of hydrogen-bond acceptors (Lipinski definition) is 4. The Morgan fingerprint density at radius 2 is 2.08 bits per heavy atom. The van der Waals surface area contributed by atoms with Crippen LogP contribution in [-0.4, -0.2) is 47.4 Å². The standard InChI is InChI=1S/C17H15ClN2O5/c1-19(16(22)14-8-10(9-25-14)17(23)24)13-6-7-20(15(13)21)12-5-3-2-4-11(12)18/h2-5,8-9,13H,6-7H2,1H3,(H,23,24). The SMILES string of the molecule is CN(C(=O)c1cc(C(=O)O)co1)C1CCN(c2ccccc2Cl)C1=O. The van der Waals surface area contributed by atoms with E-state index in [2.05, 4.69) is 0 Å². The summed E-state index contributed by atoms with van der Waals surface area (Å²) in [5.41, 5.74) is 0.482. The van der Waals surface area contributed by atoms with E-state index in [-0.39, 0.29) is 17.2 Å². The van der Waals surface area contributed by atoms with Gasteiger partial charge in [-0.3, -0.25) is 9.59 Å². The van der Waals surface area contributed by atoms with Gasteiger partial charge in [-0.05, 0) is 18.6 Å². The number of anilines is 1. The third-order valence-corrected chi connectivity index (χ3v) is 4.49. The summed E-state index contributed by atoms with van der Waals surface area (Å²) >= 11 is 6.14. The van der Waals surface area contributed by atoms with Gasteiger partial charge in [0.2, 0.25) is 5.91 Å². The highest BCUT2D eigenvalue weighted by molar-refractivity contribution is 6.34. The van der Waals surface area contributed by atoms with Crippen molar-refractivity contribution in [3.05, 3.63) is 52.9 Å². The van der Waals surface area contributed by atoms with Gasteiger partial charge in [0.15, 0.2) is 5.76 Å². The van der Waals surface area contributed by atoms with Crippen molar-refractivity contribution in [1.82, 2.24) is 4.90 Å². The minimum Gasteiger partial charge on any atom is -0.478 e. The summed E-state index contributed by atoms with van der Waals surface area (Å²) in [6.45, 7) is 0.434. The molecule has 2 aromatic rings. The number of likely N-dealkylation sites (N-methyl/N-ethyl adjacent to an activating group) is 1. The number of benzene rings is 1. The number of amides is 2. The van der Waals surface area contributed by atoms with E-state index in [0.717, 1.165) is 12.3 Å². The molecule has 1 aliphatic heterocycles. The molecule has 25 heavy (non-hydrogen) atoms. The molecule has 7 nitrogen and oxygen atoms in total. The van der Waals surface area contributed by atoms with Gasteiger partial charge in [0.05, 0.1) is 16.3 Å². The lowest BCUT2D eigenvalue weighted by atomic mass is 10.2. The highest BCUT2D eigenvalue weighted by Gasteiger charge is 2.38. The maximum atomic E-state index is 12.7. The first kappa shape index (κ1) is 17.0. The third kappa shape index (κ3) is 3.10. The molecule has 1 saturated heterocycles. The molecule has 0 aliphatic carbocycles. The molecule has 1 aromatic carbocycles. The van der Waals surface area contributed by atoms with Crippen molar-refractivity contribution in [1.29, 1.82) is 0 Å². The van der Waals surface area contributed by atoms with E-state index in [1.54, 1.807) is 29.2 Å². The van der Waals surface area contributed by atoms with Crippen LogP contribution in [0.4, 0.5) is 5.69 Å². The predicted molar refractivity (Wildman–Crippen MR) is 90.0 cm³/mol. The zero-order chi connectivity index (χ0) is 18.1. The fourth-order valence-electron chi connectivity index (χ4n) is 2.81. The van der Waals surface area contributed by atoms with Gasteiger partial charge in [-0.15, -0.1) is 0 Å². The molecular weight excluding hydrogens is 348 g/mol. The van der Waals surface area contributed by atoms with E-state index >= 15 is 0 Å². The van der Waals surface area contributed by atoms with Crippen molar-refractivity contribution >= 4 is 35.1 Å². The number of carboxylic acid groups (broad SMARTS) is 1. The number of nitrogens with zero attached hydrogens (tertiary/aromatic N) is 2. The zero-order valence-electron chi connectivity index (χ0n) is 13.3. The molecule has 0 bridgehead atoms. The molecule has 0 saturated carbocycles. The average Bonchev–Trinajstić information content (AvgIpc) is 3.21. The number of hydrogen-bond donors (Lipinski definition) is 1. The summed E-state index contributed by atoms with van der Waals surface area (Å²) < 4.78 is 5.02. The van der Waals surface area contributed by atoms with Crippen LogP contribution in [0.2, 0.25) is 5.02 Å². The maximum absolute atomic E-state index is 12.7. The van der Waals surface area contributed by atoms with Crippen LogP contribution < -0.4 is 4.90 Å². The molecular formula is C17H15ClN2O5. The minimum absolute atomic E-state index is 0.118. The monoisotopic (exact) mass is 362 g/mol. The zero-order valence-corrected chi connectivity index (χ0v) is 14.1. The molecule has 1 N–H and O–H groups in total. The summed E-state index contributed by atoms with van der Waals surface area (Å²) in [4.78, 5) is 38.9. The van der Waals surface area contributed by atoms with Gasteiger partial charge < -0.3 is 19.3 Å².